The van der Waals surface area contributed by atoms with Crippen LogP contribution in [0.5, 0.6) is 0 Å². The summed E-state index contributed by atoms with van der Waals surface area (Å²) in [5, 5.41) is 11.9. The molecule has 21 heavy (non-hydrogen) atoms. The average Bonchev–Trinajstić information content (AvgIpc) is 2.36. The van der Waals surface area contributed by atoms with Gasteiger partial charge in [0.15, 0.2) is 0 Å². The number of carbonyl (C=O) groups is 2. The number of hydrogen-bond acceptors (Lipinski definition) is 3. The Hall–Kier alpha value is -1.31. The molecule has 0 spiro atoms. The molecule has 1 fully saturated rings. The summed E-state index contributed by atoms with van der Waals surface area (Å²) in [5.74, 6) is -1.02. The zero-order chi connectivity index (χ0) is 15.6. The van der Waals surface area contributed by atoms with Gasteiger partial charge in [0.05, 0.1) is 18.8 Å². The fraction of sp³-hybridized carbons (Fsp3) is 0.385. The zero-order valence-corrected chi connectivity index (χ0v) is 13.6. The Bertz CT molecular complexity index is 575. The Balaban J connectivity index is 1.87. The van der Waals surface area contributed by atoms with Crippen LogP contribution < -0.4 is 5.32 Å². The average molecular weight is 378 g/mol. The van der Waals surface area contributed by atoms with Crippen LogP contribution in [-0.4, -0.2) is 47.3 Å². The predicted octanol–water partition coefficient (Wildman–Crippen LogP) is 2.81. The summed E-state index contributed by atoms with van der Waals surface area (Å²) in [6, 6.07) is 4.80. The summed E-state index contributed by atoms with van der Waals surface area (Å²) in [5.41, 5.74) is 0.0110. The summed E-state index contributed by atoms with van der Waals surface area (Å²) < 4.78 is 5.94. The van der Waals surface area contributed by atoms with Crippen molar-refractivity contribution in [1.29, 1.82) is 0 Å². The van der Waals surface area contributed by atoms with Crippen molar-refractivity contribution in [2.75, 3.05) is 25.0 Å². The highest BCUT2D eigenvalue weighted by atomic mass is 79.9. The Kier molecular flexibility index (Phi) is 4.75. The summed E-state index contributed by atoms with van der Waals surface area (Å²) in [6.45, 7) is 2.10. The molecule has 0 radical (unpaired) electrons. The highest BCUT2D eigenvalue weighted by Gasteiger charge is 2.42. The number of rotatable bonds is 4. The first kappa shape index (κ1) is 16.1. The van der Waals surface area contributed by atoms with Crippen LogP contribution in [0, 0.1) is 0 Å². The van der Waals surface area contributed by atoms with Crippen molar-refractivity contribution < 1.29 is 19.4 Å². The number of amides is 2. The maximum absolute atomic E-state index is 12.0. The lowest BCUT2D eigenvalue weighted by Gasteiger charge is -2.46. The molecular formula is C13H14BrClN2O4. The SMILES string of the molecule is CC1(OCC(=O)O)CN(C(=O)Nc2ccc(Cl)cc2Br)C1. The number of nitrogens with one attached hydrogen (secondary N) is 1. The molecule has 1 aromatic rings. The minimum atomic E-state index is -1.02. The number of halogens is 2. The predicted molar refractivity (Wildman–Crippen MR) is 81.7 cm³/mol. The Morgan fingerprint density at radius 2 is 2.19 bits per heavy atom. The molecule has 1 aliphatic rings. The number of nitrogens with zero attached hydrogens (tertiary/aromatic N) is 1. The lowest BCUT2D eigenvalue weighted by Crippen LogP contribution is -2.64. The van der Waals surface area contributed by atoms with E-state index < -0.39 is 11.6 Å². The third-order valence-corrected chi connectivity index (χ3v) is 3.95. The molecule has 0 atom stereocenters. The van der Waals surface area contributed by atoms with Crippen LogP contribution in [0.2, 0.25) is 5.02 Å². The maximum Gasteiger partial charge on any atom is 0.329 e. The number of carbonyl (C=O) groups excluding carboxylic acids is 1. The molecule has 114 valence electrons. The van der Waals surface area contributed by atoms with Gasteiger partial charge in [0.2, 0.25) is 0 Å². The smallest absolute Gasteiger partial charge is 0.329 e. The molecule has 6 nitrogen and oxygen atoms in total. The second kappa shape index (κ2) is 6.21. The van der Waals surface area contributed by atoms with Gasteiger partial charge in [0.1, 0.15) is 12.2 Å². The normalized spacial score (nSPS) is 16.2. The van der Waals surface area contributed by atoms with Crippen molar-refractivity contribution >= 4 is 45.2 Å². The largest absolute Gasteiger partial charge is 0.480 e. The standard InChI is InChI=1S/C13H14BrClN2O4/c1-13(21-5-11(18)19)6-17(7-13)12(20)16-10-3-2-8(15)4-9(10)14/h2-4H,5-7H2,1H3,(H,16,20)(H,18,19). The molecule has 0 bridgehead atoms. The van der Waals surface area contributed by atoms with Gasteiger partial charge in [-0.05, 0) is 41.1 Å². The third-order valence-electron chi connectivity index (χ3n) is 3.05. The van der Waals surface area contributed by atoms with Gasteiger partial charge >= 0.3 is 12.0 Å². The number of ether oxygens (including phenoxy) is 1. The van der Waals surface area contributed by atoms with Crippen LogP contribution in [0.25, 0.3) is 0 Å². The quantitative estimate of drug-likeness (QED) is 0.846. The number of carboxylic acid groups (broad SMARTS) is 1. The minimum Gasteiger partial charge on any atom is -0.480 e. The van der Waals surface area contributed by atoms with E-state index in [1.54, 1.807) is 30.0 Å². The van der Waals surface area contributed by atoms with Crippen molar-refractivity contribution in [3.8, 4) is 0 Å². The van der Waals surface area contributed by atoms with E-state index in [-0.39, 0.29) is 12.6 Å². The number of anilines is 1. The molecule has 1 heterocycles. The Morgan fingerprint density at radius 3 is 2.76 bits per heavy atom. The molecule has 0 aromatic heterocycles. The number of urea groups is 1. The molecule has 2 N–H and O–H groups in total. The van der Waals surface area contributed by atoms with Gasteiger partial charge in [0.25, 0.3) is 0 Å². The molecule has 2 rings (SSSR count). The van der Waals surface area contributed by atoms with Gasteiger partial charge in [-0.2, -0.15) is 0 Å². The van der Waals surface area contributed by atoms with Gasteiger partial charge in [-0.3, -0.25) is 0 Å². The second-order valence-electron chi connectivity index (χ2n) is 5.04. The van der Waals surface area contributed by atoms with E-state index in [2.05, 4.69) is 21.2 Å². The van der Waals surface area contributed by atoms with E-state index in [0.717, 1.165) is 0 Å². The number of benzene rings is 1. The molecule has 1 saturated heterocycles. The molecule has 1 aromatic carbocycles. The van der Waals surface area contributed by atoms with E-state index in [1.807, 2.05) is 0 Å². The minimum absolute atomic E-state index is 0.269. The molecule has 0 saturated carbocycles. The first-order valence-corrected chi connectivity index (χ1v) is 7.33. The van der Waals surface area contributed by atoms with Crippen molar-refractivity contribution in [3.05, 3.63) is 27.7 Å². The van der Waals surface area contributed by atoms with E-state index in [1.165, 1.54) is 0 Å². The first-order chi connectivity index (χ1) is 9.79. The van der Waals surface area contributed by atoms with Crippen LogP contribution in [0.15, 0.2) is 22.7 Å². The number of hydrogen-bond donors (Lipinski definition) is 2. The van der Waals surface area contributed by atoms with Crippen LogP contribution in [0.3, 0.4) is 0 Å². The molecular weight excluding hydrogens is 364 g/mol. The van der Waals surface area contributed by atoms with Crippen LogP contribution in [0.1, 0.15) is 6.92 Å². The van der Waals surface area contributed by atoms with Crippen LogP contribution in [0.4, 0.5) is 10.5 Å². The monoisotopic (exact) mass is 376 g/mol. The second-order valence-corrected chi connectivity index (χ2v) is 6.33. The number of carboxylic acids is 1. The summed E-state index contributed by atoms with van der Waals surface area (Å²) >= 11 is 9.15. The number of likely N-dealkylation sites (tertiary alicyclic amines) is 1. The van der Waals surface area contributed by atoms with E-state index in [9.17, 15) is 9.59 Å². The van der Waals surface area contributed by atoms with Crippen molar-refractivity contribution in [3.63, 3.8) is 0 Å². The van der Waals surface area contributed by atoms with Crippen LogP contribution >= 0.6 is 27.5 Å². The first-order valence-electron chi connectivity index (χ1n) is 6.16. The van der Waals surface area contributed by atoms with Gasteiger partial charge in [-0.15, -0.1) is 0 Å². The van der Waals surface area contributed by atoms with Crippen molar-refractivity contribution in [2.24, 2.45) is 0 Å². The molecule has 8 heteroatoms. The summed E-state index contributed by atoms with van der Waals surface area (Å²) in [4.78, 5) is 24.1. The van der Waals surface area contributed by atoms with E-state index in [4.69, 9.17) is 21.4 Å². The highest BCUT2D eigenvalue weighted by Crippen LogP contribution is 2.28. The van der Waals surface area contributed by atoms with Crippen LogP contribution in [-0.2, 0) is 9.53 Å². The van der Waals surface area contributed by atoms with Crippen molar-refractivity contribution in [2.45, 2.75) is 12.5 Å². The third kappa shape index (κ3) is 4.09. The summed E-state index contributed by atoms with van der Waals surface area (Å²) in [6.07, 6.45) is 0. The van der Waals surface area contributed by atoms with Crippen molar-refractivity contribution in [1.82, 2.24) is 4.90 Å². The highest BCUT2D eigenvalue weighted by molar-refractivity contribution is 9.10. The summed E-state index contributed by atoms with van der Waals surface area (Å²) in [7, 11) is 0. The lowest BCUT2D eigenvalue weighted by molar-refractivity contribution is -0.159. The lowest BCUT2D eigenvalue weighted by atomic mass is 9.97. The Morgan fingerprint density at radius 1 is 1.52 bits per heavy atom. The van der Waals surface area contributed by atoms with E-state index >= 15 is 0 Å². The van der Waals surface area contributed by atoms with Gasteiger partial charge < -0.3 is 20.1 Å². The molecule has 0 unspecified atom stereocenters. The zero-order valence-electron chi connectivity index (χ0n) is 11.2. The fourth-order valence-corrected chi connectivity index (χ4v) is 2.80. The number of aliphatic carboxylic acids is 1. The molecule has 2 amide bonds. The topological polar surface area (TPSA) is 78.9 Å². The van der Waals surface area contributed by atoms with E-state index in [0.29, 0.717) is 28.3 Å². The Labute approximate surface area is 135 Å². The van der Waals surface area contributed by atoms with Gasteiger partial charge in [-0.25, -0.2) is 9.59 Å². The maximum atomic E-state index is 12.0. The van der Waals surface area contributed by atoms with Gasteiger partial charge in [-0.1, -0.05) is 11.6 Å². The molecule has 0 aliphatic carbocycles. The van der Waals surface area contributed by atoms with Gasteiger partial charge in [0, 0.05) is 9.50 Å². The molecule has 1 aliphatic heterocycles. The fourth-order valence-electron chi connectivity index (χ4n) is 2.02.